The lowest BCUT2D eigenvalue weighted by Crippen LogP contribution is -2.59. The molecule has 3 amide bonds. The van der Waals surface area contributed by atoms with Crippen molar-refractivity contribution in [3.05, 3.63) is 77.9 Å². The average Bonchev–Trinajstić information content (AvgIpc) is 2.88. The normalized spacial score (nSPS) is 14.0. The molecule has 44 heavy (non-hydrogen) atoms. The van der Waals surface area contributed by atoms with Crippen molar-refractivity contribution in [1.82, 2.24) is 15.5 Å². The molecular weight excluding hydrogens is 558 g/mol. The molecule has 2 aromatic rings. The van der Waals surface area contributed by atoms with Gasteiger partial charge in [-0.2, -0.15) is 0 Å². The van der Waals surface area contributed by atoms with Crippen molar-refractivity contribution >= 4 is 30.0 Å². The van der Waals surface area contributed by atoms with Crippen LogP contribution < -0.4 is 10.6 Å². The van der Waals surface area contributed by atoms with Crippen LogP contribution in [0, 0.1) is 0 Å². The Kier molecular flexibility index (Phi) is 11.9. The van der Waals surface area contributed by atoms with Crippen LogP contribution in [0.25, 0.3) is 6.08 Å². The average molecular weight is 608 g/mol. The van der Waals surface area contributed by atoms with E-state index in [0.717, 1.165) is 11.1 Å². The molecule has 0 heterocycles. The van der Waals surface area contributed by atoms with Crippen LogP contribution in [0.2, 0.25) is 0 Å². The minimum absolute atomic E-state index is 0.182. The predicted octanol–water partition coefficient (Wildman–Crippen LogP) is 5.98. The molecular formula is C35H49N3O6. The molecule has 2 rings (SSSR count). The van der Waals surface area contributed by atoms with Crippen molar-refractivity contribution in [1.29, 1.82) is 0 Å². The zero-order chi connectivity index (χ0) is 33.5. The molecule has 0 saturated carbocycles. The van der Waals surface area contributed by atoms with E-state index in [2.05, 4.69) is 17.2 Å². The summed E-state index contributed by atoms with van der Waals surface area (Å²) >= 11 is 0. The Morgan fingerprint density at radius 1 is 0.841 bits per heavy atom. The van der Waals surface area contributed by atoms with Gasteiger partial charge in [-0.05, 0) is 92.0 Å². The molecule has 9 nitrogen and oxygen atoms in total. The number of carbonyl (C=O) groups excluding carboxylic acids is 4. The quantitative estimate of drug-likeness (QED) is 0.321. The molecule has 0 aliphatic rings. The van der Waals surface area contributed by atoms with Crippen LogP contribution in [-0.4, -0.2) is 57.6 Å². The zero-order valence-corrected chi connectivity index (χ0v) is 27.8. The second kappa shape index (κ2) is 14.6. The maximum absolute atomic E-state index is 14.4. The zero-order valence-electron chi connectivity index (χ0n) is 27.8. The lowest BCUT2D eigenvalue weighted by molar-refractivity contribution is -0.159. The molecule has 3 atom stereocenters. The summed E-state index contributed by atoms with van der Waals surface area (Å²) in [6, 6.07) is 13.2. The van der Waals surface area contributed by atoms with E-state index >= 15 is 0 Å². The largest absolute Gasteiger partial charge is 0.458 e. The van der Waals surface area contributed by atoms with Crippen molar-refractivity contribution in [2.45, 2.75) is 111 Å². The molecule has 2 aromatic carbocycles. The van der Waals surface area contributed by atoms with Gasteiger partial charge in [0.15, 0.2) is 0 Å². The van der Waals surface area contributed by atoms with E-state index in [0.29, 0.717) is 5.56 Å². The number of ether oxygens (including phenoxy) is 2. The number of hydrogen-bond donors (Lipinski definition) is 2. The predicted molar refractivity (Wildman–Crippen MR) is 173 cm³/mol. The number of hydrogen-bond acceptors (Lipinski definition) is 6. The first-order chi connectivity index (χ1) is 20.2. The van der Waals surface area contributed by atoms with E-state index in [1.165, 1.54) is 4.90 Å². The van der Waals surface area contributed by atoms with Crippen molar-refractivity contribution in [2.75, 3.05) is 0 Å². The van der Waals surface area contributed by atoms with E-state index < -0.39 is 58.7 Å². The summed E-state index contributed by atoms with van der Waals surface area (Å²) < 4.78 is 11.0. The monoisotopic (exact) mass is 607 g/mol. The third-order valence-electron chi connectivity index (χ3n) is 6.32. The van der Waals surface area contributed by atoms with Crippen molar-refractivity contribution in [3.8, 4) is 0 Å². The first-order valence-electron chi connectivity index (χ1n) is 14.8. The molecule has 0 fully saturated rings. The fourth-order valence-corrected chi connectivity index (χ4v) is 4.54. The van der Waals surface area contributed by atoms with Gasteiger partial charge in [-0.15, -0.1) is 0 Å². The van der Waals surface area contributed by atoms with E-state index in [1.807, 2.05) is 36.4 Å². The summed E-state index contributed by atoms with van der Waals surface area (Å²) in [4.78, 5) is 55.9. The molecule has 240 valence electrons. The molecule has 0 aliphatic heterocycles. The van der Waals surface area contributed by atoms with Crippen LogP contribution in [0.5, 0.6) is 0 Å². The molecule has 0 spiro atoms. The van der Waals surface area contributed by atoms with E-state index in [-0.39, 0.29) is 6.42 Å². The Labute approximate surface area is 262 Å². The Morgan fingerprint density at radius 2 is 1.43 bits per heavy atom. The minimum Gasteiger partial charge on any atom is -0.458 e. The van der Waals surface area contributed by atoms with Gasteiger partial charge in [0.2, 0.25) is 11.8 Å². The highest BCUT2D eigenvalue weighted by atomic mass is 16.6. The standard InChI is InChI=1S/C35H49N3O6/c1-12-24-19-16-20-26(21-24)28(38(33(3,4)5)30(40)23(2)36-32(42)44-35(9,10)11)29(39)37-27(31(41)43-34(6,7)8)22-25-17-14-13-15-18-25/h12-21,23,27-28H,1,22H2,2-11H3,(H,36,42)(H,37,39). The number of alkyl carbamates (subject to hydrolysis) is 1. The second-order valence-electron chi connectivity index (χ2n) is 13.8. The molecule has 9 heteroatoms. The van der Waals surface area contributed by atoms with Crippen molar-refractivity contribution < 1.29 is 28.7 Å². The third-order valence-corrected chi connectivity index (χ3v) is 6.32. The Bertz CT molecular complexity index is 1320. The number of rotatable bonds is 10. The van der Waals surface area contributed by atoms with Gasteiger partial charge < -0.3 is 25.0 Å². The van der Waals surface area contributed by atoms with Gasteiger partial charge >= 0.3 is 12.1 Å². The smallest absolute Gasteiger partial charge is 0.408 e. The lowest BCUT2D eigenvalue weighted by atomic mass is 9.94. The van der Waals surface area contributed by atoms with Gasteiger partial charge in [-0.3, -0.25) is 9.59 Å². The van der Waals surface area contributed by atoms with Crippen molar-refractivity contribution in [2.24, 2.45) is 0 Å². The number of carbonyl (C=O) groups is 4. The number of esters is 1. The minimum atomic E-state index is -1.18. The second-order valence-corrected chi connectivity index (χ2v) is 13.8. The van der Waals surface area contributed by atoms with Gasteiger partial charge in [-0.1, -0.05) is 61.2 Å². The van der Waals surface area contributed by atoms with Gasteiger partial charge in [0.1, 0.15) is 29.3 Å². The van der Waals surface area contributed by atoms with Crippen LogP contribution in [0.3, 0.4) is 0 Å². The number of nitrogens with one attached hydrogen (secondary N) is 2. The number of amides is 3. The molecule has 0 bridgehead atoms. The van der Waals surface area contributed by atoms with Crippen LogP contribution in [-0.2, 0) is 30.3 Å². The van der Waals surface area contributed by atoms with Gasteiger partial charge in [-0.25, -0.2) is 9.59 Å². The molecule has 3 unspecified atom stereocenters. The SMILES string of the molecule is C=Cc1cccc(C(C(=O)NC(Cc2ccccc2)C(=O)OC(C)(C)C)N(C(=O)C(C)NC(=O)OC(C)(C)C)C(C)(C)C)c1. The van der Waals surface area contributed by atoms with E-state index in [4.69, 9.17) is 9.47 Å². The maximum Gasteiger partial charge on any atom is 0.408 e. The van der Waals surface area contributed by atoms with Gasteiger partial charge in [0.05, 0.1) is 0 Å². The van der Waals surface area contributed by atoms with Crippen LogP contribution in [0.15, 0.2) is 61.2 Å². The molecule has 0 radical (unpaired) electrons. The van der Waals surface area contributed by atoms with E-state index in [1.54, 1.807) is 93.5 Å². The molecule has 0 aliphatic carbocycles. The summed E-state index contributed by atoms with van der Waals surface area (Å²) in [6.45, 7) is 21.3. The fraction of sp³-hybridized carbons (Fsp3) is 0.486. The molecule has 0 saturated heterocycles. The summed E-state index contributed by atoms with van der Waals surface area (Å²) in [6.07, 6.45) is 1.07. The lowest BCUT2D eigenvalue weighted by Gasteiger charge is -2.43. The Hall–Kier alpha value is -4.14. The summed E-state index contributed by atoms with van der Waals surface area (Å²) in [5, 5.41) is 5.50. The first-order valence-corrected chi connectivity index (χ1v) is 14.8. The maximum atomic E-state index is 14.4. The Balaban J connectivity index is 2.60. The summed E-state index contributed by atoms with van der Waals surface area (Å²) in [5.41, 5.74) is -0.365. The van der Waals surface area contributed by atoms with E-state index in [9.17, 15) is 19.2 Å². The van der Waals surface area contributed by atoms with Crippen LogP contribution in [0.1, 0.15) is 92.0 Å². The van der Waals surface area contributed by atoms with Gasteiger partial charge in [0.25, 0.3) is 0 Å². The highest BCUT2D eigenvalue weighted by Crippen LogP contribution is 2.31. The summed E-state index contributed by atoms with van der Waals surface area (Å²) in [7, 11) is 0. The van der Waals surface area contributed by atoms with Gasteiger partial charge in [0, 0.05) is 12.0 Å². The highest BCUT2D eigenvalue weighted by Gasteiger charge is 2.42. The fourth-order valence-electron chi connectivity index (χ4n) is 4.54. The first kappa shape index (κ1) is 36.1. The third kappa shape index (κ3) is 11.2. The number of benzene rings is 2. The van der Waals surface area contributed by atoms with Crippen molar-refractivity contribution in [3.63, 3.8) is 0 Å². The summed E-state index contributed by atoms with van der Waals surface area (Å²) in [5.74, 6) is -1.68. The molecule has 2 N–H and O–H groups in total. The number of nitrogens with zero attached hydrogens (tertiary/aromatic N) is 1. The van der Waals surface area contributed by atoms with Crippen LogP contribution in [0.4, 0.5) is 4.79 Å². The topological polar surface area (TPSA) is 114 Å². The van der Waals surface area contributed by atoms with Crippen LogP contribution >= 0.6 is 0 Å². The highest BCUT2D eigenvalue weighted by molar-refractivity contribution is 5.94. The molecule has 0 aromatic heterocycles. The Morgan fingerprint density at radius 3 is 1.95 bits per heavy atom.